The van der Waals surface area contributed by atoms with Gasteiger partial charge in [-0.1, -0.05) is 0 Å². The molecule has 0 atom stereocenters. The summed E-state index contributed by atoms with van der Waals surface area (Å²) in [5.74, 6) is 0. The molecule has 1 aromatic rings. The van der Waals surface area contributed by atoms with E-state index in [2.05, 4.69) is 15.9 Å². The number of hydrogen-bond acceptors (Lipinski definition) is 3. The number of benzene rings is 1. The van der Waals surface area contributed by atoms with Gasteiger partial charge in [0.05, 0.1) is 5.69 Å². The van der Waals surface area contributed by atoms with Gasteiger partial charge in [-0.2, -0.15) is 0 Å². The number of halogens is 1. The van der Waals surface area contributed by atoms with Crippen molar-refractivity contribution in [3.05, 3.63) is 22.7 Å². The van der Waals surface area contributed by atoms with Crippen LogP contribution in [0, 0.1) is 0 Å². The Balaban J connectivity index is 2.97. The van der Waals surface area contributed by atoms with E-state index in [4.69, 9.17) is 4.74 Å². The van der Waals surface area contributed by atoms with E-state index in [1.54, 1.807) is 7.05 Å². The first kappa shape index (κ1) is 15.8. The van der Waals surface area contributed by atoms with Gasteiger partial charge in [0.15, 0.2) is 0 Å². The van der Waals surface area contributed by atoms with Crippen molar-refractivity contribution in [2.75, 3.05) is 30.9 Å². The molecule has 0 bridgehead atoms. The van der Waals surface area contributed by atoms with Crippen molar-refractivity contribution in [1.29, 1.82) is 0 Å². The van der Waals surface area contributed by atoms with Gasteiger partial charge in [-0.15, -0.1) is 0 Å². The Bertz CT molecular complexity index is 467. The second-order valence-corrected chi connectivity index (χ2v) is 6.42. The zero-order valence-electron chi connectivity index (χ0n) is 12.3. The van der Waals surface area contributed by atoms with E-state index in [1.165, 1.54) is 4.90 Å². The molecule has 0 heterocycles. The van der Waals surface area contributed by atoms with E-state index in [0.29, 0.717) is 0 Å². The minimum Gasteiger partial charge on any atom is -0.443 e. The molecule has 0 aromatic heterocycles. The molecule has 0 aliphatic carbocycles. The molecule has 0 aliphatic rings. The number of rotatable bonds is 2. The third-order valence-corrected chi connectivity index (χ3v) is 3.14. The topological polar surface area (TPSA) is 32.8 Å². The highest BCUT2D eigenvalue weighted by molar-refractivity contribution is 9.10. The van der Waals surface area contributed by atoms with Crippen molar-refractivity contribution in [3.63, 3.8) is 0 Å². The Morgan fingerprint density at radius 3 is 2.26 bits per heavy atom. The summed E-state index contributed by atoms with van der Waals surface area (Å²) in [7, 11) is 5.62. The molecule has 0 saturated carbocycles. The number of amides is 1. The minimum absolute atomic E-state index is 0.362. The lowest BCUT2D eigenvalue weighted by Crippen LogP contribution is -2.34. The smallest absolute Gasteiger partial charge is 0.414 e. The minimum atomic E-state index is -0.495. The number of nitrogens with zero attached hydrogens (tertiary/aromatic N) is 2. The molecule has 0 N–H and O–H groups in total. The summed E-state index contributed by atoms with van der Waals surface area (Å²) in [5.41, 5.74) is 1.31. The van der Waals surface area contributed by atoms with Crippen molar-refractivity contribution < 1.29 is 9.53 Å². The SMILES string of the molecule is CN(C)c1cc(N(C)C(=O)OC(C)(C)C)ccc1Br. The Hall–Kier alpha value is -1.23. The van der Waals surface area contributed by atoms with Crippen LogP contribution in [0.5, 0.6) is 0 Å². The molecule has 0 fully saturated rings. The Kier molecular flexibility index (Phi) is 4.85. The molecule has 0 unspecified atom stereocenters. The maximum atomic E-state index is 12.0. The molecule has 0 saturated heterocycles. The largest absolute Gasteiger partial charge is 0.443 e. The molecular weight excluding hydrogens is 308 g/mol. The Morgan fingerprint density at radius 2 is 1.79 bits per heavy atom. The zero-order valence-corrected chi connectivity index (χ0v) is 13.9. The molecule has 4 nitrogen and oxygen atoms in total. The van der Waals surface area contributed by atoms with Crippen molar-refractivity contribution >= 4 is 33.4 Å². The second kappa shape index (κ2) is 5.82. The highest BCUT2D eigenvalue weighted by Gasteiger charge is 2.21. The third-order valence-electron chi connectivity index (χ3n) is 2.47. The molecule has 1 rings (SSSR count). The molecule has 0 aliphatic heterocycles. The number of hydrogen-bond donors (Lipinski definition) is 0. The molecular formula is C14H21BrN2O2. The second-order valence-electron chi connectivity index (χ2n) is 5.57. The predicted octanol–water partition coefficient (Wildman–Crippen LogP) is 3.89. The van der Waals surface area contributed by atoms with Gasteiger partial charge in [-0.3, -0.25) is 4.90 Å². The van der Waals surface area contributed by atoms with Gasteiger partial charge in [0.1, 0.15) is 5.60 Å². The van der Waals surface area contributed by atoms with E-state index in [9.17, 15) is 4.79 Å². The number of carbonyl (C=O) groups is 1. The van der Waals surface area contributed by atoms with Crippen LogP contribution in [0.4, 0.5) is 16.2 Å². The standard InChI is InChI=1S/C14H21BrN2O2/c1-14(2,3)19-13(18)17(6)10-7-8-11(15)12(9-10)16(4)5/h7-9H,1-6H3. The third kappa shape index (κ3) is 4.42. The highest BCUT2D eigenvalue weighted by Crippen LogP contribution is 2.29. The average Bonchev–Trinajstić information content (AvgIpc) is 2.26. The summed E-state index contributed by atoms with van der Waals surface area (Å²) in [4.78, 5) is 15.5. The fourth-order valence-electron chi connectivity index (χ4n) is 1.49. The van der Waals surface area contributed by atoms with E-state index in [1.807, 2.05) is 58.0 Å². The van der Waals surface area contributed by atoms with Crippen LogP contribution in [0.1, 0.15) is 20.8 Å². The van der Waals surface area contributed by atoms with Gasteiger partial charge in [-0.25, -0.2) is 4.79 Å². The zero-order chi connectivity index (χ0) is 14.8. The van der Waals surface area contributed by atoms with Gasteiger partial charge in [0.2, 0.25) is 0 Å². The molecule has 106 valence electrons. The van der Waals surface area contributed by atoms with Crippen LogP contribution in [-0.2, 0) is 4.74 Å². The summed E-state index contributed by atoms with van der Waals surface area (Å²) >= 11 is 3.49. The molecule has 1 amide bonds. The van der Waals surface area contributed by atoms with E-state index >= 15 is 0 Å². The maximum Gasteiger partial charge on any atom is 0.414 e. The molecule has 1 aromatic carbocycles. The van der Waals surface area contributed by atoms with Crippen LogP contribution in [0.3, 0.4) is 0 Å². The summed E-state index contributed by atoms with van der Waals surface area (Å²) in [6.07, 6.45) is -0.362. The summed E-state index contributed by atoms with van der Waals surface area (Å²) < 4.78 is 6.33. The average molecular weight is 329 g/mol. The van der Waals surface area contributed by atoms with Gasteiger partial charge in [-0.05, 0) is 54.9 Å². The van der Waals surface area contributed by atoms with Crippen molar-refractivity contribution in [2.24, 2.45) is 0 Å². The van der Waals surface area contributed by atoms with E-state index < -0.39 is 5.60 Å². The lowest BCUT2D eigenvalue weighted by Gasteiger charge is -2.25. The molecule has 0 spiro atoms. The fraction of sp³-hybridized carbons (Fsp3) is 0.500. The van der Waals surface area contributed by atoms with Gasteiger partial charge < -0.3 is 9.64 Å². The molecule has 5 heteroatoms. The van der Waals surface area contributed by atoms with Crippen LogP contribution in [0.25, 0.3) is 0 Å². The monoisotopic (exact) mass is 328 g/mol. The van der Waals surface area contributed by atoms with Gasteiger partial charge in [0.25, 0.3) is 0 Å². The van der Waals surface area contributed by atoms with Gasteiger partial charge >= 0.3 is 6.09 Å². The Labute approximate surface area is 123 Å². The van der Waals surface area contributed by atoms with Crippen LogP contribution in [0.15, 0.2) is 22.7 Å². The number of anilines is 2. The fourth-order valence-corrected chi connectivity index (χ4v) is 2.09. The quantitative estimate of drug-likeness (QED) is 0.825. The summed E-state index contributed by atoms with van der Waals surface area (Å²) in [6.45, 7) is 5.56. The predicted molar refractivity (Wildman–Crippen MR) is 83.1 cm³/mol. The van der Waals surface area contributed by atoms with Gasteiger partial charge in [0, 0.05) is 31.3 Å². The lowest BCUT2D eigenvalue weighted by atomic mass is 10.2. The first-order valence-corrected chi connectivity index (χ1v) is 6.84. The van der Waals surface area contributed by atoms with E-state index in [-0.39, 0.29) is 6.09 Å². The Morgan fingerprint density at radius 1 is 1.21 bits per heavy atom. The first-order valence-electron chi connectivity index (χ1n) is 6.05. The van der Waals surface area contributed by atoms with Crippen LogP contribution in [0.2, 0.25) is 0 Å². The van der Waals surface area contributed by atoms with Crippen molar-refractivity contribution in [3.8, 4) is 0 Å². The van der Waals surface area contributed by atoms with Crippen LogP contribution >= 0.6 is 15.9 Å². The number of carbonyl (C=O) groups excluding carboxylic acids is 1. The van der Waals surface area contributed by atoms with Crippen molar-refractivity contribution in [2.45, 2.75) is 26.4 Å². The normalized spacial score (nSPS) is 11.1. The van der Waals surface area contributed by atoms with E-state index in [0.717, 1.165) is 15.8 Å². The molecule has 19 heavy (non-hydrogen) atoms. The molecule has 0 radical (unpaired) electrons. The van der Waals surface area contributed by atoms with Crippen LogP contribution < -0.4 is 9.80 Å². The summed E-state index contributed by atoms with van der Waals surface area (Å²) in [5, 5.41) is 0. The maximum absolute atomic E-state index is 12.0. The highest BCUT2D eigenvalue weighted by atomic mass is 79.9. The number of ether oxygens (including phenoxy) is 1. The summed E-state index contributed by atoms with van der Waals surface area (Å²) in [6, 6.07) is 5.74. The van der Waals surface area contributed by atoms with Crippen molar-refractivity contribution in [1.82, 2.24) is 0 Å². The lowest BCUT2D eigenvalue weighted by molar-refractivity contribution is 0.0589. The van der Waals surface area contributed by atoms with Crippen LogP contribution in [-0.4, -0.2) is 32.8 Å². The first-order chi connectivity index (χ1) is 8.61.